The van der Waals surface area contributed by atoms with Crippen LogP contribution in [0.4, 0.5) is 5.69 Å². The lowest BCUT2D eigenvalue weighted by Crippen LogP contribution is -2.25. The Labute approximate surface area is 172 Å². The first-order valence-electron chi connectivity index (χ1n) is 9.67. The summed E-state index contributed by atoms with van der Waals surface area (Å²) >= 11 is 0. The van der Waals surface area contributed by atoms with E-state index in [1.54, 1.807) is 30.3 Å². The van der Waals surface area contributed by atoms with Gasteiger partial charge in [0.1, 0.15) is 0 Å². The van der Waals surface area contributed by atoms with E-state index in [2.05, 4.69) is 14.9 Å². The predicted octanol–water partition coefficient (Wildman–Crippen LogP) is 2.88. The number of rotatable bonds is 9. The summed E-state index contributed by atoms with van der Waals surface area (Å²) in [7, 11) is 0.626. The van der Waals surface area contributed by atoms with Crippen molar-refractivity contribution in [1.82, 2.24) is 9.62 Å². The Morgan fingerprint density at radius 2 is 1.72 bits per heavy atom. The van der Waals surface area contributed by atoms with Crippen LogP contribution in [0, 0.1) is 0 Å². The van der Waals surface area contributed by atoms with E-state index in [4.69, 9.17) is 0 Å². The van der Waals surface area contributed by atoms with Crippen molar-refractivity contribution >= 4 is 27.7 Å². The van der Waals surface area contributed by atoms with Crippen molar-refractivity contribution in [2.24, 2.45) is 0 Å². The van der Waals surface area contributed by atoms with Crippen LogP contribution < -0.4 is 10.0 Å². The molecule has 0 aliphatic heterocycles. The van der Waals surface area contributed by atoms with Gasteiger partial charge in [-0.15, -0.1) is 0 Å². The fourth-order valence-corrected chi connectivity index (χ4v) is 4.02. The summed E-state index contributed by atoms with van der Waals surface area (Å²) in [4.78, 5) is 14.5. The average Bonchev–Trinajstić information content (AvgIpc) is 3.49. The first-order valence-corrected chi connectivity index (χ1v) is 11.2. The van der Waals surface area contributed by atoms with Gasteiger partial charge in [-0.3, -0.25) is 4.79 Å². The Morgan fingerprint density at radius 1 is 1.07 bits per heavy atom. The molecule has 1 amide bonds. The quantitative estimate of drug-likeness (QED) is 0.620. The molecule has 3 rings (SSSR count). The lowest BCUT2D eigenvalue weighted by Gasteiger charge is -2.09. The van der Waals surface area contributed by atoms with Gasteiger partial charge in [0.25, 0.3) is 0 Å². The zero-order valence-corrected chi connectivity index (χ0v) is 17.6. The third kappa shape index (κ3) is 6.81. The third-order valence-electron chi connectivity index (χ3n) is 4.59. The normalized spacial score (nSPS) is 14.4. The van der Waals surface area contributed by atoms with Crippen molar-refractivity contribution in [1.29, 1.82) is 0 Å². The van der Waals surface area contributed by atoms with Crippen LogP contribution >= 0.6 is 0 Å². The molecule has 1 aliphatic carbocycles. The lowest BCUT2D eigenvalue weighted by atomic mass is 10.1. The Morgan fingerprint density at radius 3 is 2.31 bits per heavy atom. The van der Waals surface area contributed by atoms with Crippen LogP contribution in [-0.2, 0) is 21.2 Å². The number of benzene rings is 2. The van der Waals surface area contributed by atoms with E-state index in [1.165, 1.54) is 11.6 Å². The molecule has 6 nitrogen and oxygen atoms in total. The van der Waals surface area contributed by atoms with Gasteiger partial charge < -0.3 is 10.2 Å². The number of hydrogen-bond acceptors (Lipinski definition) is 4. The largest absolute Gasteiger partial charge is 0.323 e. The molecule has 2 N–H and O–H groups in total. The molecule has 154 valence electrons. The van der Waals surface area contributed by atoms with Gasteiger partial charge in [-0.1, -0.05) is 24.3 Å². The van der Waals surface area contributed by atoms with Gasteiger partial charge in [0.15, 0.2) is 0 Å². The van der Waals surface area contributed by atoms with Crippen molar-refractivity contribution in [3.63, 3.8) is 0 Å². The van der Waals surface area contributed by atoms with E-state index in [1.807, 2.05) is 38.4 Å². The van der Waals surface area contributed by atoms with Gasteiger partial charge in [0, 0.05) is 24.4 Å². The molecule has 2 aromatic rings. The molecule has 0 aromatic heterocycles. The van der Waals surface area contributed by atoms with Crippen molar-refractivity contribution < 1.29 is 13.2 Å². The molecule has 0 heterocycles. The molecular formula is C22H27N3O3S. The average molecular weight is 414 g/mol. The third-order valence-corrected chi connectivity index (χ3v) is 6.12. The van der Waals surface area contributed by atoms with Crippen LogP contribution in [-0.4, -0.2) is 45.9 Å². The molecule has 1 saturated carbocycles. The van der Waals surface area contributed by atoms with Crippen LogP contribution in [0.25, 0.3) is 6.08 Å². The molecular weight excluding hydrogens is 386 g/mol. The minimum absolute atomic E-state index is 0.0744. The van der Waals surface area contributed by atoms with Gasteiger partial charge >= 0.3 is 0 Å². The number of nitrogens with zero attached hydrogens (tertiary/aromatic N) is 1. The number of carbonyl (C=O) groups is 1. The van der Waals surface area contributed by atoms with Gasteiger partial charge in [-0.2, -0.15) is 0 Å². The summed E-state index contributed by atoms with van der Waals surface area (Å²) in [5.74, 6) is -0.238. The van der Waals surface area contributed by atoms with E-state index in [0.717, 1.165) is 37.1 Å². The van der Waals surface area contributed by atoms with Crippen LogP contribution in [0.1, 0.15) is 24.0 Å². The molecule has 1 fully saturated rings. The maximum Gasteiger partial charge on any atom is 0.248 e. The van der Waals surface area contributed by atoms with Crippen molar-refractivity contribution in [3.8, 4) is 0 Å². The monoisotopic (exact) mass is 413 g/mol. The van der Waals surface area contributed by atoms with Crippen LogP contribution in [0.3, 0.4) is 0 Å². The number of carbonyl (C=O) groups excluding carboxylic acids is 1. The van der Waals surface area contributed by atoms with Gasteiger partial charge in [0.2, 0.25) is 15.9 Å². The summed E-state index contributed by atoms with van der Waals surface area (Å²) < 4.78 is 27.0. The molecule has 2 aromatic carbocycles. The predicted molar refractivity (Wildman–Crippen MR) is 116 cm³/mol. The van der Waals surface area contributed by atoms with Crippen molar-refractivity contribution in [2.75, 3.05) is 26.0 Å². The molecule has 29 heavy (non-hydrogen) atoms. The molecule has 0 radical (unpaired) electrons. The van der Waals surface area contributed by atoms with Gasteiger partial charge in [-0.05, 0) is 74.8 Å². The molecule has 0 atom stereocenters. The maximum absolute atomic E-state index is 12.2. The highest BCUT2D eigenvalue weighted by molar-refractivity contribution is 7.89. The van der Waals surface area contributed by atoms with Gasteiger partial charge in [0.05, 0.1) is 4.90 Å². The smallest absolute Gasteiger partial charge is 0.248 e. The second-order valence-electron chi connectivity index (χ2n) is 7.54. The summed E-state index contributed by atoms with van der Waals surface area (Å²) in [6.45, 7) is 0.977. The number of anilines is 1. The minimum Gasteiger partial charge on any atom is -0.323 e. The highest BCUT2D eigenvalue weighted by Gasteiger charge is 2.27. The number of likely N-dealkylation sites (N-methyl/N-ethyl adjacent to an activating group) is 1. The zero-order chi connectivity index (χ0) is 20.9. The molecule has 0 unspecified atom stereocenters. The maximum atomic E-state index is 12.2. The fraction of sp³-hybridized carbons (Fsp3) is 0.318. The first kappa shape index (κ1) is 21.2. The van der Waals surface area contributed by atoms with E-state index in [0.29, 0.717) is 0 Å². The summed E-state index contributed by atoms with van der Waals surface area (Å²) in [6.07, 6.45) is 5.85. The molecule has 1 aliphatic rings. The summed E-state index contributed by atoms with van der Waals surface area (Å²) in [5.41, 5.74) is 2.71. The Hall–Kier alpha value is -2.48. The molecule has 7 heteroatoms. The minimum atomic E-state index is -3.45. The lowest BCUT2D eigenvalue weighted by molar-refractivity contribution is -0.111. The second-order valence-corrected chi connectivity index (χ2v) is 9.25. The highest BCUT2D eigenvalue weighted by Crippen LogP contribution is 2.22. The van der Waals surface area contributed by atoms with E-state index in [9.17, 15) is 13.2 Å². The number of hydrogen-bond donors (Lipinski definition) is 2. The SMILES string of the molecule is CN(C)CCc1ccc(NC(=O)/C=C/c2ccc(S(=O)(=O)NC3CC3)cc2)cc1. The summed E-state index contributed by atoms with van der Waals surface area (Å²) in [6, 6.07) is 14.4. The highest BCUT2D eigenvalue weighted by atomic mass is 32.2. The van der Waals surface area contributed by atoms with Crippen LogP contribution in [0.5, 0.6) is 0 Å². The topological polar surface area (TPSA) is 78.5 Å². The Kier molecular flexibility index (Phi) is 6.84. The Bertz CT molecular complexity index is 961. The van der Waals surface area contributed by atoms with Crippen LogP contribution in [0.2, 0.25) is 0 Å². The standard InChI is InChI=1S/C22H27N3O3S/c1-25(2)16-15-18-3-8-19(9-4-18)23-22(26)14-7-17-5-12-21(13-6-17)29(27,28)24-20-10-11-20/h3-9,12-14,20,24H,10-11,15-16H2,1-2H3,(H,23,26)/b14-7+. The first-order chi connectivity index (χ1) is 13.8. The zero-order valence-electron chi connectivity index (χ0n) is 16.8. The number of nitrogens with one attached hydrogen (secondary N) is 2. The Balaban J connectivity index is 1.53. The van der Waals surface area contributed by atoms with Crippen molar-refractivity contribution in [3.05, 3.63) is 65.7 Å². The number of sulfonamides is 1. The molecule has 0 spiro atoms. The molecule has 0 saturated heterocycles. The van der Waals surface area contributed by atoms with Crippen molar-refractivity contribution in [2.45, 2.75) is 30.2 Å². The van der Waals surface area contributed by atoms with Crippen LogP contribution in [0.15, 0.2) is 59.5 Å². The van der Waals surface area contributed by atoms with E-state index < -0.39 is 10.0 Å². The molecule has 0 bridgehead atoms. The second kappa shape index (κ2) is 9.35. The fourth-order valence-electron chi connectivity index (χ4n) is 2.71. The number of amides is 1. The van der Waals surface area contributed by atoms with Gasteiger partial charge in [-0.25, -0.2) is 13.1 Å². The summed E-state index contributed by atoms with van der Waals surface area (Å²) in [5, 5.41) is 2.83. The van der Waals surface area contributed by atoms with E-state index in [-0.39, 0.29) is 16.8 Å². The van der Waals surface area contributed by atoms with E-state index >= 15 is 0 Å².